The second kappa shape index (κ2) is 4.02. The third kappa shape index (κ3) is 1.88. The number of anilines is 2. The molecule has 1 amide bonds. The monoisotopic (exact) mass is 276 g/mol. The second-order valence-electron chi connectivity index (χ2n) is 3.26. The molecule has 0 aromatic heterocycles. The molecule has 1 aliphatic rings. The molecule has 9 heteroatoms. The smallest absolute Gasteiger partial charge is 0.313 e. The first-order chi connectivity index (χ1) is 7.91. The van der Waals surface area contributed by atoms with Crippen molar-refractivity contribution in [1.82, 2.24) is 0 Å². The highest BCUT2D eigenvalue weighted by Crippen LogP contribution is 2.46. The number of nitrogens with one attached hydrogen (secondary N) is 1. The first-order valence-electron chi connectivity index (χ1n) is 4.32. The van der Waals surface area contributed by atoms with E-state index in [1.165, 1.54) is 6.07 Å². The van der Waals surface area contributed by atoms with E-state index in [2.05, 4.69) is 5.32 Å². The summed E-state index contributed by atoms with van der Waals surface area (Å²) in [4.78, 5) is 21.2. The van der Waals surface area contributed by atoms with Crippen LogP contribution in [0.2, 0.25) is 10.0 Å². The highest BCUT2D eigenvalue weighted by atomic mass is 35.5. The number of hydroxylamine groups is 1. The van der Waals surface area contributed by atoms with Crippen molar-refractivity contribution in [2.24, 2.45) is 0 Å². The molecule has 0 saturated heterocycles. The molecule has 17 heavy (non-hydrogen) atoms. The van der Waals surface area contributed by atoms with Crippen molar-refractivity contribution < 1.29 is 9.72 Å². The fourth-order valence-electron chi connectivity index (χ4n) is 1.52. The van der Waals surface area contributed by atoms with Crippen LogP contribution in [0.5, 0.6) is 0 Å². The van der Waals surface area contributed by atoms with Crippen molar-refractivity contribution in [3.05, 3.63) is 31.4 Å². The van der Waals surface area contributed by atoms with Gasteiger partial charge in [0.05, 0.1) is 22.2 Å². The van der Waals surface area contributed by atoms with Crippen LogP contribution in [0.1, 0.15) is 0 Å². The number of carbonyl (C=O) groups excluding carboxylic acids is 1. The van der Waals surface area contributed by atoms with Crippen molar-refractivity contribution in [3.8, 4) is 0 Å². The quantitative estimate of drug-likeness (QED) is 0.626. The number of nitro benzene ring substituents is 1. The lowest BCUT2D eigenvalue weighted by Gasteiger charge is -2.35. The molecule has 0 aliphatic carbocycles. The summed E-state index contributed by atoms with van der Waals surface area (Å²) in [5.74, 6) is -0.569. The van der Waals surface area contributed by atoms with Gasteiger partial charge in [0.15, 0.2) is 0 Å². The first kappa shape index (κ1) is 11.9. The zero-order valence-corrected chi connectivity index (χ0v) is 9.58. The number of fused-ring (bicyclic) bond motifs is 1. The van der Waals surface area contributed by atoms with Crippen LogP contribution in [-0.2, 0) is 4.79 Å². The van der Waals surface area contributed by atoms with E-state index in [9.17, 15) is 20.1 Å². The van der Waals surface area contributed by atoms with Crippen molar-refractivity contribution in [1.29, 1.82) is 0 Å². The van der Waals surface area contributed by atoms with Gasteiger partial charge in [-0.3, -0.25) is 14.9 Å². The molecule has 1 N–H and O–H groups in total. The highest BCUT2D eigenvalue weighted by molar-refractivity contribution is 6.44. The molecule has 1 aliphatic heterocycles. The number of hydrogen-bond donors (Lipinski definition) is 1. The number of halogens is 2. The molecule has 1 aromatic carbocycles. The molecule has 0 atom stereocenters. The molecular weight excluding hydrogens is 273 g/mol. The number of benzene rings is 1. The molecule has 7 nitrogen and oxygen atoms in total. The third-order valence-electron chi connectivity index (χ3n) is 2.16. The number of nitro groups is 1. The minimum Gasteiger partial charge on any atom is -0.758 e. The number of nitrogens with zero attached hydrogens (tertiary/aromatic N) is 2. The van der Waals surface area contributed by atoms with Gasteiger partial charge in [0, 0.05) is 0 Å². The van der Waals surface area contributed by atoms with E-state index in [1.807, 2.05) is 0 Å². The SMILES string of the molecule is O=C1CN([O-])c2c(cc(Cl)c(Cl)c2[N+](=O)[O-])N1. The molecular formula is C8H4Cl2N3O4-. The summed E-state index contributed by atoms with van der Waals surface area (Å²) in [6.45, 7) is -0.522. The molecule has 2 rings (SSSR count). The van der Waals surface area contributed by atoms with E-state index in [0.717, 1.165) is 0 Å². The maximum Gasteiger partial charge on any atom is 0.313 e. The van der Waals surface area contributed by atoms with Crippen LogP contribution in [0.15, 0.2) is 6.07 Å². The summed E-state index contributed by atoms with van der Waals surface area (Å²) in [7, 11) is 0. The molecule has 90 valence electrons. The Morgan fingerprint density at radius 3 is 2.71 bits per heavy atom. The third-order valence-corrected chi connectivity index (χ3v) is 2.94. The minimum atomic E-state index is -0.810. The standard InChI is InChI=1S/C8H4Cl2N3O4/c9-3-1-4-7(8(6(3)10)13(16)17)12(15)2-5(14)11-4/h1H,2H2,(H,11,14)/q-1. The van der Waals surface area contributed by atoms with E-state index in [4.69, 9.17) is 23.2 Å². The highest BCUT2D eigenvalue weighted by Gasteiger charge is 2.30. The van der Waals surface area contributed by atoms with E-state index in [1.54, 1.807) is 0 Å². The Hall–Kier alpha value is -1.57. The molecule has 0 saturated carbocycles. The van der Waals surface area contributed by atoms with E-state index < -0.39 is 23.1 Å². The molecule has 0 bridgehead atoms. The van der Waals surface area contributed by atoms with Crippen LogP contribution in [0.4, 0.5) is 17.1 Å². The molecule has 1 heterocycles. The van der Waals surface area contributed by atoms with Crippen molar-refractivity contribution in [3.63, 3.8) is 0 Å². The molecule has 1 aromatic rings. The van der Waals surface area contributed by atoms with Gasteiger partial charge >= 0.3 is 5.69 Å². The van der Waals surface area contributed by atoms with Crippen molar-refractivity contribution in [2.75, 3.05) is 16.9 Å². The minimum absolute atomic E-state index is 0.0163. The fraction of sp³-hybridized carbons (Fsp3) is 0.125. The van der Waals surface area contributed by atoms with Crippen molar-refractivity contribution in [2.45, 2.75) is 0 Å². The predicted molar refractivity (Wildman–Crippen MR) is 62.5 cm³/mol. The van der Waals surface area contributed by atoms with Gasteiger partial charge < -0.3 is 15.6 Å². The Balaban J connectivity index is 2.75. The zero-order chi connectivity index (χ0) is 12.7. The topological polar surface area (TPSA) is 98.5 Å². The maximum atomic E-state index is 11.5. The van der Waals surface area contributed by atoms with Gasteiger partial charge in [0.25, 0.3) is 0 Å². The summed E-state index contributed by atoms with van der Waals surface area (Å²) in [5, 5.41) is 24.5. The van der Waals surface area contributed by atoms with Gasteiger partial charge in [-0.15, -0.1) is 0 Å². The first-order valence-corrected chi connectivity index (χ1v) is 5.08. The lowest BCUT2D eigenvalue weighted by Crippen LogP contribution is -2.34. The number of amides is 1. The maximum absolute atomic E-state index is 11.5. The zero-order valence-electron chi connectivity index (χ0n) is 8.07. The summed E-state index contributed by atoms with van der Waals surface area (Å²) in [6.07, 6.45) is 0. The lowest BCUT2D eigenvalue weighted by atomic mass is 10.2. The van der Waals surface area contributed by atoms with Gasteiger partial charge in [0.2, 0.25) is 5.91 Å². The molecule has 0 unspecified atom stereocenters. The Morgan fingerprint density at radius 1 is 1.47 bits per heavy atom. The van der Waals surface area contributed by atoms with Gasteiger partial charge in [-0.05, 0) is 6.07 Å². The molecule has 0 radical (unpaired) electrons. The Bertz CT molecular complexity index is 534. The number of hydrogen-bond acceptors (Lipinski definition) is 5. The number of rotatable bonds is 1. The van der Waals surface area contributed by atoms with Crippen LogP contribution >= 0.6 is 23.2 Å². The normalized spacial score (nSPS) is 14.3. The summed E-state index contributed by atoms with van der Waals surface area (Å²) in [6, 6.07) is 1.20. The van der Waals surface area contributed by atoms with Crippen LogP contribution in [-0.4, -0.2) is 17.4 Å². The average molecular weight is 277 g/mol. The lowest BCUT2D eigenvalue weighted by molar-refractivity contribution is -0.383. The van der Waals surface area contributed by atoms with Crippen LogP contribution in [0.3, 0.4) is 0 Å². The second-order valence-corrected chi connectivity index (χ2v) is 4.04. The Kier molecular flexibility index (Phi) is 2.82. The van der Waals surface area contributed by atoms with Crippen LogP contribution in [0, 0.1) is 15.3 Å². The van der Waals surface area contributed by atoms with Crippen LogP contribution < -0.4 is 10.4 Å². The fourth-order valence-corrected chi connectivity index (χ4v) is 1.93. The number of carbonyl (C=O) groups is 1. The summed E-state index contributed by atoms with van der Waals surface area (Å²) >= 11 is 11.4. The van der Waals surface area contributed by atoms with E-state index >= 15 is 0 Å². The van der Waals surface area contributed by atoms with E-state index in [0.29, 0.717) is 0 Å². The van der Waals surface area contributed by atoms with Gasteiger partial charge in [-0.2, -0.15) is 0 Å². The molecule has 0 fully saturated rings. The van der Waals surface area contributed by atoms with Gasteiger partial charge in [-0.1, -0.05) is 23.2 Å². The summed E-state index contributed by atoms with van der Waals surface area (Å²) in [5.41, 5.74) is -0.912. The van der Waals surface area contributed by atoms with Gasteiger partial charge in [0.1, 0.15) is 10.7 Å². The van der Waals surface area contributed by atoms with Gasteiger partial charge in [-0.25, -0.2) is 0 Å². The Morgan fingerprint density at radius 2 is 2.12 bits per heavy atom. The van der Waals surface area contributed by atoms with Crippen LogP contribution in [0.25, 0.3) is 0 Å². The average Bonchev–Trinajstić information content (AvgIpc) is 2.20. The predicted octanol–water partition coefficient (Wildman–Crippen LogP) is 2.16. The van der Waals surface area contributed by atoms with Crippen molar-refractivity contribution >= 4 is 46.2 Å². The van der Waals surface area contributed by atoms with E-state index in [-0.39, 0.29) is 26.5 Å². The summed E-state index contributed by atoms with van der Waals surface area (Å²) < 4.78 is 0. The molecule has 0 spiro atoms. The Labute approximate surface area is 105 Å². The largest absolute Gasteiger partial charge is 0.758 e.